The number of hydrogen-bond donors (Lipinski definition) is 0. The Kier molecular flexibility index (Phi) is 45.1. The fraction of sp³-hybridized carbons (Fsp3) is 0.582. The van der Waals surface area contributed by atoms with Crippen LogP contribution in [0.5, 0.6) is 0 Å². The molecule has 342 valence electrons. The van der Waals surface area contributed by atoms with Crippen LogP contribution in [0.15, 0.2) is 122 Å². The zero-order valence-corrected chi connectivity index (χ0v) is 38.9. The molecule has 0 fully saturated rings. The third-order valence-electron chi connectivity index (χ3n) is 9.63. The summed E-state index contributed by atoms with van der Waals surface area (Å²) in [6.45, 7) is 6.23. The second-order valence-corrected chi connectivity index (χ2v) is 15.4. The molecule has 0 amide bonds. The van der Waals surface area contributed by atoms with Gasteiger partial charge in [0, 0.05) is 19.3 Å². The Morgan fingerprint density at radius 2 is 0.738 bits per heavy atom. The van der Waals surface area contributed by atoms with E-state index in [0.717, 1.165) is 83.5 Å². The van der Waals surface area contributed by atoms with E-state index in [9.17, 15) is 14.4 Å². The summed E-state index contributed by atoms with van der Waals surface area (Å²) in [7, 11) is 0. The van der Waals surface area contributed by atoms with Gasteiger partial charge in [-0.3, -0.25) is 14.4 Å². The van der Waals surface area contributed by atoms with Gasteiger partial charge >= 0.3 is 17.9 Å². The number of carbonyl (C=O) groups excluding carboxylic acids is 3. The first-order valence-corrected chi connectivity index (χ1v) is 24.1. The number of allylic oxidation sites excluding steroid dienone is 20. The van der Waals surface area contributed by atoms with Crippen molar-refractivity contribution in [3.63, 3.8) is 0 Å². The number of rotatable bonds is 41. The lowest BCUT2D eigenvalue weighted by Gasteiger charge is -2.18. The molecule has 0 aromatic heterocycles. The summed E-state index contributed by atoms with van der Waals surface area (Å²) < 4.78 is 16.6. The van der Waals surface area contributed by atoms with E-state index in [1.807, 2.05) is 54.7 Å². The fourth-order valence-electron chi connectivity index (χ4n) is 6.04. The molecule has 0 aromatic carbocycles. The molecule has 61 heavy (non-hydrogen) atoms. The molecule has 0 radical (unpaired) electrons. The molecule has 6 heteroatoms. The maximum atomic E-state index is 12.8. The van der Waals surface area contributed by atoms with E-state index >= 15 is 0 Å². The third-order valence-corrected chi connectivity index (χ3v) is 9.63. The fourth-order valence-corrected chi connectivity index (χ4v) is 6.04. The minimum absolute atomic E-state index is 0.126. The van der Waals surface area contributed by atoms with Gasteiger partial charge in [0.15, 0.2) is 6.10 Å². The van der Waals surface area contributed by atoms with Gasteiger partial charge in [-0.1, -0.05) is 213 Å². The van der Waals surface area contributed by atoms with Crippen molar-refractivity contribution in [3.05, 3.63) is 122 Å². The van der Waals surface area contributed by atoms with Crippen LogP contribution in [0.25, 0.3) is 0 Å². The summed E-state index contributed by atoms with van der Waals surface area (Å²) in [6, 6.07) is 0. The Bertz CT molecular complexity index is 1340. The molecule has 0 aliphatic carbocycles. The van der Waals surface area contributed by atoms with Crippen LogP contribution < -0.4 is 0 Å². The highest BCUT2D eigenvalue weighted by Crippen LogP contribution is 2.12. The molecule has 0 N–H and O–H groups in total. The van der Waals surface area contributed by atoms with Crippen molar-refractivity contribution in [2.24, 2.45) is 0 Å². The summed E-state index contributed by atoms with van der Waals surface area (Å²) in [4.78, 5) is 37.8. The molecular weight excluding hydrogens is 757 g/mol. The van der Waals surface area contributed by atoms with Gasteiger partial charge in [-0.25, -0.2) is 0 Å². The van der Waals surface area contributed by atoms with Crippen molar-refractivity contribution in [1.29, 1.82) is 0 Å². The van der Waals surface area contributed by atoms with E-state index in [0.29, 0.717) is 12.8 Å². The molecule has 0 aromatic rings. The van der Waals surface area contributed by atoms with Crippen LogP contribution in [-0.2, 0) is 28.6 Å². The molecule has 0 bridgehead atoms. The molecule has 0 saturated carbocycles. The monoisotopic (exact) mass is 843 g/mol. The number of unbranched alkanes of at least 4 members (excludes halogenated alkanes) is 16. The summed E-state index contributed by atoms with van der Waals surface area (Å²) in [5.41, 5.74) is 0. The minimum Gasteiger partial charge on any atom is -0.462 e. The summed E-state index contributed by atoms with van der Waals surface area (Å²) in [5, 5.41) is 0. The van der Waals surface area contributed by atoms with Crippen LogP contribution in [0.2, 0.25) is 0 Å². The maximum Gasteiger partial charge on any atom is 0.306 e. The van der Waals surface area contributed by atoms with Gasteiger partial charge in [-0.05, 0) is 77.0 Å². The maximum absolute atomic E-state index is 12.8. The second kappa shape index (κ2) is 48.5. The number of esters is 3. The highest BCUT2D eigenvalue weighted by molar-refractivity contribution is 5.71. The predicted molar refractivity (Wildman–Crippen MR) is 260 cm³/mol. The highest BCUT2D eigenvalue weighted by atomic mass is 16.6. The van der Waals surface area contributed by atoms with E-state index in [-0.39, 0.29) is 44.0 Å². The van der Waals surface area contributed by atoms with Crippen molar-refractivity contribution in [3.8, 4) is 0 Å². The molecular formula is C55H86O6. The first-order chi connectivity index (χ1) is 30.0. The SMILES string of the molecule is CC\C=C/C=C\C=C/C=C\C=C/CCCCCC(=O)OCC(COC(=O)CC/C=C\C/C=C\CCCCCCCC)OC(=O)CCCCCCCCC\C=C/C=C\C=C/CC. The van der Waals surface area contributed by atoms with Gasteiger partial charge in [0.25, 0.3) is 0 Å². The normalized spacial score (nSPS) is 13.2. The van der Waals surface area contributed by atoms with E-state index in [1.165, 1.54) is 57.8 Å². The molecule has 1 atom stereocenters. The number of ether oxygens (including phenoxy) is 3. The Morgan fingerprint density at radius 1 is 0.361 bits per heavy atom. The Morgan fingerprint density at radius 3 is 1.25 bits per heavy atom. The largest absolute Gasteiger partial charge is 0.462 e. The minimum atomic E-state index is -0.827. The van der Waals surface area contributed by atoms with E-state index in [2.05, 4.69) is 87.6 Å². The Hall–Kier alpha value is -4.19. The number of carbonyl (C=O) groups is 3. The zero-order valence-electron chi connectivity index (χ0n) is 38.9. The van der Waals surface area contributed by atoms with E-state index < -0.39 is 6.10 Å². The van der Waals surface area contributed by atoms with E-state index in [4.69, 9.17) is 14.2 Å². The highest BCUT2D eigenvalue weighted by Gasteiger charge is 2.19. The van der Waals surface area contributed by atoms with Crippen molar-refractivity contribution in [2.45, 2.75) is 194 Å². The molecule has 0 heterocycles. The molecule has 0 spiro atoms. The first kappa shape index (κ1) is 56.8. The predicted octanol–water partition coefficient (Wildman–Crippen LogP) is 15.7. The average Bonchev–Trinajstić information content (AvgIpc) is 3.26. The van der Waals surface area contributed by atoms with E-state index in [1.54, 1.807) is 0 Å². The van der Waals surface area contributed by atoms with Gasteiger partial charge in [-0.15, -0.1) is 0 Å². The van der Waals surface area contributed by atoms with Crippen molar-refractivity contribution >= 4 is 17.9 Å². The van der Waals surface area contributed by atoms with Gasteiger partial charge in [0.2, 0.25) is 0 Å². The van der Waals surface area contributed by atoms with Crippen LogP contribution in [-0.4, -0.2) is 37.2 Å². The van der Waals surface area contributed by atoms with Crippen molar-refractivity contribution in [1.82, 2.24) is 0 Å². The number of hydrogen-bond acceptors (Lipinski definition) is 6. The smallest absolute Gasteiger partial charge is 0.306 e. The topological polar surface area (TPSA) is 78.9 Å². The van der Waals surface area contributed by atoms with Crippen LogP contribution in [0.4, 0.5) is 0 Å². The molecule has 0 rings (SSSR count). The molecule has 6 nitrogen and oxygen atoms in total. The van der Waals surface area contributed by atoms with Crippen molar-refractivity contribution < 1.29 is 28.6 Å². The Balaban J connectivity index is 4.58. The van der Waals surface area contributed by atoms with Gasteiger partial charge in [0.1, 0.15) is 13.2 Å². The average molecular weight is 843 g/mol. The lowest BCUT2D eigenvalue weighted by atomic mass is 10.1. The summed E-state index contributed by atoms with van der Waals surface area (Å²) >= 11 is 0. The van der Waals surface area contributed by atoms with Crippen LogP contribution in [0.3, 0.4) is 0 Å². The molecule has 0 aliphatic rings. The third kappa shape index (κ3) is 46.7. The molecule has 0 aliphatic heterocycles. The summed E-state index contributed by atoms with van der Waals surface area (Å²) in [5.74, 6) is -1.06. The van der Waals surface area contributed by atoms with Crippen LogP contribution in [0.1, 0.15) is 188 Å². The zero-order chi connectivity index (χ0) is 44.4. The van der Waals surface area contributed by atoms with Crippen molar-refractivity contribution in [2.75, 3.05) is 13.2 Å². The quantitative estimate of drug-likeness (QED) is 0.0201. The second-order valence-electron chi connectivity index (χ2n) is 15.4. The molecule has 1 unspecified atom stereocenters. The van der Waals surface area contributed by atoms with Crippen LogP contribution >= 0.6 is 0 Å². The van der Waals surface area contributed by atoms with Gasteiger partial charge < -0.3 is 14.2 Å². The Labute approximate surface area is 373 Å². The van der Waals surface area contributed by atoms with Crippen LogP contribution in [0, 0.1) is 0 Å². The summed E-state index contributed by atoms with van der Waals surface area (Å²) in [6.07, 6.45) is 66.2. The first-order valence-electron chi connectivity index (χ1n) is 24.1. The lowest BCUT2D eigenvalue weighted by molar-refractivity contribution is -0.166. The van der Waals surface area contributed by atoms with Gasteiger partial charge in [-0.2, -0.15) is 0 Å². The standard InChI is InChI=1S/C55H86O6/c1-4-7-10-13-16-19-22-25-27-30-33-36-39-42-45-48-54(57)60-51-52(50-59-53(56)47-44-41-38-35-32-29-24-21-18-15-12-9-6-3)61-55(58)49-46-43-40-37-34-31-28-26-23-20-17-14-11-8-5-2/h7-8,10-11,13-14,16-17,19-20,22-23,25,27,29-30,32-33,38,41,52H,4-6,9,12,15,18,21,24,26,28,31,34-37,39-40,42-51H2,1-3H3/b10-7-,11-8-,16-13-,17-14-,22-19-,23-20-,27-25-,32-29-,33-30-,41-38-. The molecule has 0 saturated heterocycles. The lowest BCUT2D eigenvalue weighted by Crippen LogP contribution is -2.30. The van der Waals surface area contributed by atoms with Gasteiger partial charge in [0.05, 0.1) is 0 Å².